The Morgan fingerprint density at radius 1 is 1.14 bits per heavy atom. The van der Waals surface area contributed by atoms with Crippen LogP contribution < -0.4 is 11.0 Å². The number of H-pyrrole nitrogens is 2. The van der Waals surface area contributed by atoms with Gasteiger partial charge in [-0.15, -0.1) is 0 Å². The molecule has 3 aromatic rings. The van der Waals surface area contributed by atoms with E-state index in [1.807, 2.05) is 6.07 Å². The van der Waals surface area contributed by atoms with Gasteiger partial charge in [0.2, 0.25) is 5.91 Å². The van der Waals surface area contributed by atoms with Crippen molar-refractivity contribution in [3.05, 3.63) is 64.1 Å². The van der Waals surface area contributed by atoms with Gasteiger partial charge in [-0.2, -0.15) is 5.26 Å². The summed E-state index contributed by atoms with van der Waals surface area (Å²) in [6, 6.07) is 14.1. The van der Waals surface area contributed by atoms with Crippen LogP contribution in [-0.4, -0.2) is 15.9 Å². The largest absolute Gasteiger partial charge is 0.326 e. The number of benzene rings is 2. The number of nitrogens with one attached hydrogen (secondary N) is 3. The minimum atomic E-state index is -0.273. The Balaban J connectivity index is 1.74. The lowest BCUT2D eigenvalue weighted by Gasteiger charge is -2.05. The number of carbonyl (C=O) groups excluding carboxylic acids is 1. The van der Waals surface area contributed by atoms with Crippen molar-refractivity contribution in [1.29, 1.82) is 5.26 Å². The molecule has 22 heavy (non-hydrogen) atoms. The Morgan fingerprint density at radius 3 is 2.77 bits per heavy atom. The maximum atomic E-state index is 12.0. The van der Waals surface area contributed by atoms with Gasteiger partial charge in [-0.3, -0.25) is 4.79 Å². The lowest BCUT2D eigenvalue weighted by atomic mass is 10.1. The first-order chi connectivity index (χ1) is 10.6. The summed E-state index contributed by atoms with van der Waals surface area (Å²) in [5, 5.41) is 11.6. The molecule has 0 radical (unpaired) electrons. The summed E-state index contributed by atoms with van der Waals surface area (Å²) in [6.07, 6.45) is 0.180. The third-order valence-electron chi connectivity index (χ3n) is 3.22. The van der Waals surface area contributed by atoms with Crippen molar-refractivity contribution in [3.63, 3.8) is 0 Å². The first kappa shape index (κ1) is 13.6. The average Bonchev–Trinajstić information content (AvgIpc) is 2.86. The number of aromatic amines is 2. The molecule has 0 saturated heterocycles. The molecule has 108 valence electrons. The first-order valence-electron chi connectivity index (χ1n) is 6.65. The van der Waals surface area contributed by atoms with Crippen LogP contribution in [-0.2, 0) is 11.2 Å². The third kappa shape index (κ3) is 2.88. The number of aromatic nitrogens is 2. The molecule has 3 N–H and O–H groups in total. The lowest BCUT2D eigenvalue weighted by molar-refractivity contribution is -0.115. The number of hydrogen-bond donors (Lipinski definition) is 3. The van der Waals surface area contributed by atoms with Crippen LogP contribution in [0.2, 0.25) is 0 Å². The van der Waals surface area contributed by atoms with E-state index in [0.717, 1.165) is 5.56 Å². The predicted octanol–water partition coefficient (Wildman–Crippen LogP) is 1.91. The second-order valence-electron chi connectivity index (χ2n) is 4.88. The Labute approximate surface area is 125 Å². The van der Waals surface area contributed by atoms with Crippen LogP contribution in [0, 0.1) is 11.3 Å². The average molecular weight is 292 g/mol. The summed E-state index contributed by atoms with van der Waals surface area (Å²) >= 11 is 0. The highest BCUT2D eigenvalue weighted by molar-refractivity contribution is 5.93. The zero-order chi connectivity index (χ0) is 15.5. The van der Waals surface area contributed by atoms with Crippen LogP contribution in [0.5, 0.6) is 0 Å². The number of rotatable bonds is 3. The zero-order valence-electron chi connectivity index (χ0n) is 11.5. The molecule has 0 aliphatic heterocycles. The van der Waals surface area contributed by atoms with Gasteiger partial charge in [-0.05, 0) is 35.9 Å². The lowest BCUT2D eigenvalue weighted by Crippen LogP contribution is -2.14. The standard InChI is InChI=1S/C16H12N4O2/c17-9-11-2-1-3-12(6-11)18-15(21)8-10-4-5-13-14(7-10)20-16(22)19-13/h1-7H,8H2,(H,18,21)(H2,19,20,22). The van der Waals surface area contributed by atoms with Crippen molar-refractivity contribution < 1.29 is 4.79 Å². The highest BCUT2D eigenvalue weighted by Crippen LogP contribution is 2.13. The summed E-state index contributed by atoms with van der Waals surface area (Å²) in [6.45, 7) is 0. The summed E-state index contributed by atoms with van der Waals surface area (Å²) in [5.41, 5.74) is 2.96. The van der Waals surface area contributed by atoms with Crippen molar-refractivity contribution in [2.75, 3.05) is 5.32 Å². The SMILES string of the molecule is N#Cc1cccc(NC(=O)Cc2ccc3[nH]c(=O)[nH]c3c2)c1. The van der Waals surface area contributed by atoms with Gasteiger partial charge in [0.25, 0.3) is 0 Å². The zero-order valence-corrected chi connectivity index (χ0v) is 11.5. The van der Waals surface area contributed by atoms with Crippen LogP contribution in [0.15, 0.2) is 47.3 Å². The second kappa shape index (κ2) is 5.58. The van der Waals surface area contributed by atoms with Gasteiger partial charge in [0.15, 0.2) is 0 Å². The first-order valence-corrected chi connectivity index (χ1v) is 6.65. The van der Waals surface area contributed by atoms with E-state index in [4.69, 9.17) is 5.26 Å². The van der Waals surface area contributed by atoms with Crippen molar-refractivity contribution in [3.8, 4) is 6.07 Å². The summed E-state index contributed by atoms with van der Waals surface area (Å²) in [4.78, 5) is 28.6. The molecule has 1 aromatic heterocycles. The molecule has 2 aromatic carbocycles. The summed E-state index contributed by atoms with van der Waals surface area (Å²) < 4.78 is 0. The Hall–Kier alpha value is -3.33. The normalized spacial score (nSPS) is 10.3. The molecule has 0 spiro atoms. The van der Waals surface area contributed by atoms with Crippen molar-refractivity contribution in [2.45, 2.75) is 6.42 Å². The fourth-order valence-electron chi connectivity index (χ4n) is 2.25. The van der Waals surface area contributed by atoms with Gasteiger partial charge in [0.1, 0.15) is 0 Å². The monoisotopic (exact) mass is 292 g/mol. The molecule has 6 heteroatoms. The number of amides is 1. The quantitative estimate of drug-likeness (QED) is 0.687. The molecular weight excluding hydrogens is 280 g/mol. The Morgan fingerprint density at radius 2 is 1.95 bits per heavy atom. The second-order valence-corrected chi connectivity index (χ2v) is 4.88. The molecule has 0 saturated carbocycles. The number of anilines is 1. The van der Waals surface area contributed by atoms with Crippen LogP contribution in [0.25, 0.3) is 11.0 Å². The van der Waals surface area contributed by atoms with Gasteiger partial charge in [-0.1, -0.05) is 12.1 Å². The summed E-state index contributed by atoms with van der Waals surface area (Å²) in [5.74, 6) is -0.188. The van der Waals surface area contributed by atoms with E-state index in [0.29, 0.717) is 22.3 Å². The van der Waals surface area contributed by atoms with Gasteiger partial charge in [0.05, 0.1) is 29.1 Å². The number of fused-ring (bicyclic) bond motifs is 1. The fraction of sp³-hybridized carbons (Fsp3) is 0.0625. The molecule has 1 heterocycles. The van der Waals surface area contributed by atoms with E-state index < -0.39 is 0 Å². The molecule has 0 fully saturated rings. The molecule has 6 nitrogen and oxygen atoms in total. The molecule has 0 unspecified atom stereocenters. The van der Waals surface area contributed by atoms with Gasteiger partial charge in [0, 0.05) is 5.69 Å². The van der Waals surface area contributed by atoms with Crippen LogP contribution in [0.1, 0.15) is 11.1 Å². The Kier molecular flexibility index (Phi) is 3.46. The molecular formula is C16H12N4O2. The van der Waals surface area contributed by atoms with E-state index in [1.165, 1.54) is 0 Å². The molecule has 0 atom stereocenters. The maximum Gasteiger partial charge on any atom is 0.323 e. The number of nitrogens with zero attached hydrogens (tertiary/aromatic N) is 1. The minimum Gasteiger partial charge on any atom is -0.326 e. The molecule has 0 aliphatic rings. The van der Waals surface area contributed by atoms with Gasteiger partial charge in [-0.25, -0.2) is 4.79 Å². The van der Waals surface area contributed by atoms with Crippen LogP contribution >= 0.6 is 0 Å². The van der Waals surface area contributed by atoms with E-state index in [1.54, 1.807) is 42.5 Å². The highest BCUT2D eigenvalue weighted by Gasteiger charge is 2.06. The highest BCUT2D eigenvalue weighted by atomic mass is 16.1. The Bertz CT molecular complexity index is 946. The van der Waals surface area contributed by atoms with Crippen molar-refractivity contribution in [1.82, 2.24) is 9.97 Å². The van der Waals surface area contributed by atoms with E-state index >= 15 is 0 Å². The topological polar surface area (TPSA) is 102 Å². The minimum absolute atomic E-state index is 0.180. The number of carbonyl (C=O) groups is 1. The van der Waals surface area contributed by atoms with Crippen LogP contribution in [0.3, 0.4) is 0 Å². The number of imidazole rings is 1. The van der Waals surface area contributed by atoms with E-state index in [-0.39, 0.29) is 18.0 Å². The molecule has 1 amide bonds. The fourth-order valence-corrected chi connectivity index (χ4v) is 2.25. The number of nitriles is 1. The van der Waals surface area contributed by atoms with Gasteiger partial charge >= 0.3 is 5.69 Å². The third-order valence-corrected chi connectivity index (χ3v) is 3.22. The summed E-state index contributed by atoms with van der Waals surface area (Å²) in [7, 11) is 0. The van der Waals surface area contributed by atoms with Crippen molar-refractivity contribution >= 4 is 22.6 Å². The number of hydrogen-bond acceptors (Lipinski definition) is 3. The van der Waals surface area contributed by atoms with Crippen LogP contribution in [0.4, 0.5) is 5.69 Å². The van der Waals surface area contributed by atoms with E-state index in [2.05, 4.69) is 15.3 Å². The molecule has 3 rings (SSSR count). The predicted molar refractivity (Wildman–Crippen MR) is 82.4 cm³/mol. The molecule has 0 aliphatic carbocycles. The van der Waals surface area contributed by atoms with Gasteiger partial charge < -0.3 is 15.3 Å². The smallest absolute Gasteiger partial charge is 0.323 e. The maximum absolute atomic E-state index is 12.0. The van der Waals surface area contributed by atoms with E-state index in [9.17, 15) is 9.59 Å². The van der Waals surface area contributed by atoms with Crippen molar-refractivity contribution in [2.24, 2.45) is 0 Å². The molecule has 0 bridgehead atoms.